The number of benzene rings is 1. The highest BCUT2D eigenvalue weighted by molar-refractivity contribution is 7.18. The van der Waals surface area contributed by atoms with Crippen molar-refractivity contribution in [3.05, 3.63) is 58.3 Å². The SMILES string of the molecule is O=C(NCc1nc2ccccc2s1)c1cc(Cl)ccn1. The van der Waals surface area contributed by atoms with Crippen LogP contribution in [0.4, 0.5) is 0 Å². The van der Waals surface area contributed by atoms with Gasteiger partial charge in [-0.3, -0.25) is 9.78 Å². The summed E-state index contributed by atoms with van der Waals surface area (Å²) in [4.78, 5) is 20.4. The maximum Gasteiger partial charge on any atom is 0.270 e. The highest BCUT2D eigenvalue weighted by atomic mass is 35.5. The second-order valence-electron chi connectivity index (χ2n) is 4.12. The van der Waals surface area contributed by atoms with Crippen molar-refractivity contribution in [2.45, 2.75) is 6.54 Å². The number of nitrogens with one attached hydrogen (secondary N) is 1. The van der Waals surface area contributed by atoms with Crippen molar-refractivity contribution in [3.8, 4) is 0 Å². The Kier molecular flexibility index (Phi) is 3.62. The Morgan fingerprint density at radius 1 is 1.30 bits per heavy atom. The van der Waals surface area contributed by atoms with E-state index < -0.39 is 0 Å². The van der Waals surface area contributed by atoms with Crippen LogP contribution in [0.25, 0.3) is 10.2 Å². The minimum Gasteiger partial charge on any atom is -0.344 e. The number of halogens is 1. The van der Waals surface area contributed by atoms with Gasteiger partial charge in [-0.25, -0.2) is 4.98 Å². The van der Waals surface area contributed by atoms with Crippen molar-refractivity contribution >= 4 is 39.1 Å². The summed E-state index contributed by atoms with van der Waals surface area (Å²) in [5, 5.41) is 4.14. The number of para-hydroxylation sites is 1. The van der Waals surface area contributed by atoms with Crippen LogP contribution in [-0.4, -0.2) is 15.9 Å². The van der Waals surface area contributed by atoms with E-state index in [1.807, 2.05) is 24.3 Å². The molecule has 1 N–H and O–H groups in total. The number of thiazole rings is 1. The maximum absolute atomic E-state index is 11.9. The summed E-state index contributed by atoms with van der Waals surface area (Å²) < 4.78 is 1.11. The quantitative estimate of drug-likeness (QED) is 0.808. The Labute approximate surface area is 124 Å². The third-order valence-electron chi connectivity index (χ3n) is 2.69. The Morgan fingerprint density at radius 3 is 2.95 bits per heavy atom. The number of carbonyl (C=O) groups is 1. The van der Waals surface area contributed by atoms with E-state index in [4.69, 9.17) is 11.6 Å². The summed E-state index contributed by atoms with van der Waals surface area (Å²) in [6.07, 6.45) is 1.51. The lowest BCUT2D eigenvalue weighted by molar-refractivity contribution is 0.0946. The number of fused-ring (bicyclic) bond motifs is 1. The Hall–Kier alpha value is -1.98. The van der Waals surface area contributed by atoms with Crippen molar-refractivity contribution in [1.29, 1.82) is 0 Å². The lowest BCUT2D eigenvalue weighted by Gasteiger charge is -2.02. The second kappa shape index (κ2) is 5.56. The number of aromatic nitrogens is 2. The van der Waals surface area contributed by atoms with Crippen molar-refractivity contribution in [2.75, 3.05) is 0 Å². The number of hydrogen-bond donors (Lipinski definition) is 1. The molecule has 1 aromatic carbocycles. The van der Waals surface area contributed by atoms with Crippen LogP contribution in [0.5, 0.6) is 0 Å². The molecule has 0 aliphatic carbocycles. The average Bonchev–Trinajstić information content (AvgIpc) is 2.87. The number of carbonyl (C=O) groups excluding carboxylic acids is 1. The zero-order valence-electron chi connectivity index (χ0n) is 10.3. The van der Waals surface area contributed by atoms with E-state index in [1.165, 1.54) is 12.3 Å². The number of amides is 1. The van der Waals surface area contributed by atoms with Crippen LogP contribution in [-0.2, 0) is 6.54 Å². The van der Waals surface area contributed by atoms with Crippen LogP contribution in [0.3, 0.4) is 0 Å². The molecule has 20 heavy (non-hydrogen) atoms. The highest BCUT2D eigenvalue weighted by Gasteiger charge is 2.09. The standard InChI is InChI=1S/C14H10ClN3OS/c15-9-5-6-16-11(7-9)14(19)17-8-13-18-10-3-1-2-4-12(10)20-13/h1-7H,8H2,(H,17,19). The first-order chi connectivity index (χ1) is 9.72. The van der Waals surface area contributed by atoms with E-state index in [2.05, 4.69) is 15.3 Å². The molecule has 3 rings (SSSR count). The van der Waals surface area contributed by atoms with Crippen LogP contribution in [0.1, 0.15) is 15.5 Å². The summed E-state index contributed by atoms with van der Waals surface area (Å²) in [6.45, 7) is 0.381. The number of rotatable bonds is 3. The topological polar surface area (TPSA) is 54.9 Å². The second-order valence-corrected chi connectivity index (χ2v) is 5.67. The molecular formula is C14H10ClN3OS. The van der Waals surface area contributed by atoms with Crippen LogP contribution < -0.4 is 5.32 Å². The number of nitrogens with zero attached hydrogens (tertiary/aromatic N) is 2. The Morgan fingerprint density at radius 2 is 2.15 bits per heavy atom. The molecule has 0 saturated heterocycles. The summed E-state index contributed by atoms with van der Waals surface area (Å²) in [6, 6.07) is 11.0. The minimum atomic E-state index is -0.258. The third-order valence-corrected chi connectivity index (χ3v) is 3.96. The van der Waals surface area contributed by atoms with Gasteiger partial charge in [-0.15, -0.1) is 11.3 Å². The minimum absolute atomic E-state index is 0.258. The van der Waals surface area contributed by atoms with Gasteiger partial charge in [-0.05, 0) is 24.3 Å². The predicted molar refractivity (Wildman–Crippen MR) is 80.0 cm³/mol. The smallest absolute Gasteiger partial charge is 0.270 e. The first-order valence-corrected chi connectivity index (χ1v) is 7.16. The maximum atomic E-state index is 11.9. The molecular weight excluding hydrogens is 294 g/mol. The van der Waals surface area contributed by atoms with Crippen molar-refractivity contribution in [1.82, 2.24) is 15.3 Å². The van der Waals surface area contributed by atoms with Gasteiger partial charge in [0.05, 0.1) is 16.8 Å². The van der Waals surface area contributed by atoms with Crippen LogP contribution in [0, 0.1) is 0 Å². The van der Waals surface area contributed by atoms with Gasteiger partial charge >= 0.3 is 0 Å². The fourth-order valence-corrected chi connectivity index (χ4v) is 2.84. The summed E-state index contributed by atoms with van der Waals surface area (Å²) in [7, 11) is 0. The van der Waals surface area contributed by atoms with Crippen molar-refractivity contribution in [2.24, 2.45) is 0 Å². The van der Waals surface area contributed by atoms with E-state index in [0.717, 1.165) is 15.2 Å². The molecule has 2 heterocycles. The molecule has 0 spiro atoms. The molecule has 0 bridgehead atoms. The lowest BCUT2D eigenvalue weighted by atomic mass is 10.3. The van der Waals surface area contributed by atoms with E-state index in [-0.39, 0.29) is 5.91 Å². The molecule has 2 aromatic heterocycles. The van der Waals surface area contributed by atoms with E-state index in [1.54, 1.807) is 17.4 Å². The molecule has 4 nitrogen and oxygen atoms in total. The van der Waals surface area contributed by atoms with Gasteiger partial charge in [-0.2, -0.15) is 0 Å². The molecule has 100 valence electrons. The molecule has 0 unspecified atom stereocenters. The fraction of sp³-hybridized carbons (Fsp3) is 0.0714. The van der Waals surface area contributed by atoms with Crippen LogP contribution >= 0.6 is 22.9 Å². The number of hydrogen-bond acceptors (Lipinski definition) is 4. The van der Waals surface area contributed by atoms with Crippen LogP contribution in [0.15, 0.2) is 42.6 Å². The molecule has 0 aliphatic rings. The fourth-order valence-electron chi connectivity index (χ4n) is 1.77. The molecule has 0 fully saturated rings. The van der Waals surface area contributed by atoms with Crippen LogP contribution in [0.2, 0.25) is 5.02 Å². The van der Waals surface area contributed by atoms with Gasteiger partial charge < -0.3 is 5.32 Å². The predicted octanol–water partition coefficient (Wildman–Crippen LogP) is 3.27. The lowest BCUT2D eigenvalue weighted by Crippen LogP contribution is -2.23. The average molecular weight is 304 g/mol. The highest BCUT2D eigenvalue weighted by Crippen LogP contribution is 2.21. The largest absolute Gasteiger partial charge is 0.344 e. The van der Waals surface area contributed by atoms with Gasteiger partial charge in [0.25, 0.3) is 5.91 Å². The van der Waals surface area contributed by atoms with Gasteiger partial charge in [0.2, 0.25) is 0 Å². The van der Waals surface area contributed by atoms with Gasteiger partial charge in [0.1, 0.15) is 10.7 Å². The molecule has 0 radical (unpaired) electrons. The Balaban J connectivity index is 1.71. The first kappa shape index (κ1) is 13.0. The normalized spacial score (nSPS) is 10.7. The summed E-state index contributed by atoms with van der Waals surface area (Å²) in [5.74, 6) is -0.258. The third kappa shape index (κ3) is 2.79. The van der Waals surface area contributed by atoms with E-state index in [9.17, 15) is 4.79 Å². The molecule has 0 saturated carbocycles. The monoisotopic (exact) mass is 303 g/mol. The molecule has 0 aliphatic heterocycles. The number of pyridine rings is 1. The van der Waals surface area contributed by atoms with Gasteiger partial charge in [0.15, 0.2) is 0 Å². The molecule has 0 atom stereocenters. The van der Waals surface area contributed by atoms with Crippen molar-refractivity contribution < 1.29 is 4.79 Å². The van der Waals surface area contributed by atoms with E-state index >= 15 is 0 Å². The first-order valence-electron chi connectivity index (χ1n) is 5.96. The van der Waals surface area contributed by atoms with Gasteiger partial charge in [-0.1, -0.05) is 23.7 Å². The summed E-state index contributed by atoms with van der Waals surface area (Å²) in [5.41, 5.74) is 1.25. The zero-order chi connectivity index (χ0) is 13.9. The Bertz CT molecular complexity index is 739. The molecule has 3 aromatic rings. The summed E-state index contributed by atoms with van der Waals surface area (Å²) >= 11 is 7.39. The zero-order valence-corrected chi connectivity index (χ0v) is 11.9. The molecule has 6 heteroatoms. The molecule has 1 amide bonds. The van der Waals surface area contributed by atoms with Gasteiger partial charge in [0, 0.05) is 11.2 Å². The van der Waals surface area contributed by atoms with E-state index in [0.29, 0.717) is 17.3 Å². The van der Waals surface area contributed by atoms with Crippen molar-refractivity contribution in [3.63, 3.8) is 0 Å².